The second kappa shape index (κ2) is 5.78. The van der Waals surface area contributed by atoms with Gasteiger partial charge in [-0.1, -0.05) is 25.8 Å². The minimum absolute atomic E-state index is 0.0679. The molecule has 0 aromatic heterocycles. The summed E-state index contributed by atoms with van der Waals surface area (Å²) in [6.45, 7) is 6.31. The van der Waals surface area contributed by atoms with Crippen LogP contribution in [0.15, 0.2) is 11.6 Å². The van der Waals surface area contributed by atoms with Crippen LogP contribution in [-0.2, 0) is 9.59 Å². The molecule has 3 rings (SSSR count). The third kappa shape index (κ3) is 2.38. The molecule has 3 heteroatoms. The smallest absolute Gasteiger partial charge is 0.173 e. The first-order chi connectivity index (χ1) is 10.4. The fraction of sp³-hybridized carbons (Fsp3) is 0.789. The van der Waals surface area contributed by atoms with Gasteiger partial charge in [-0.15, -0.1) is 11.6 Å². The van der Waals surface area contributed by atoms with Crippen LogP contribution in [0.25, 0.3) is 0 Å². The molecule has 3 unspecified atom stereocenters. The Hall–Kier alpha value is -0.630. The van der Waals surface area contributed by atoms with Crippen LogP contribution in [0.5, 0.6) is 0 Å². The minimum Gasteiger partial charge on any atom is -0.300 e. The van der Waals surface area contributed by atoms with Gasteiger partial charge in [0, 0.05) is 5.92 Å². The van der Waals surface area contributed by atoms with E-state index in [4.69, 9.17) is 11.6 Å². The molecule has 122 valence electrons. The molecule has 0 spiro atoms. The SMILES string of the molecule is CC[C@@H]1C(C(C)=O)CCC2[C@H]1CCC1=CC(=O)C(Cl)C[C@@]12C. The number of fused-ring (bicyclic) bond motifs is 3. The van der Waals surface area contributed by atoms with E-state index in [2.05, 4.69) is 13.8 Å². The molecule has 0 N–H and O–H groups in total. The van der Waals surface area contributed by atoms with Crippen molar-refractivity contribution < 1.29 is 9.59 Å². The summed E-state index contributed by atoms with van der Waals surface area (Å²) in [7, 11) is 0. The lowest BCUT2D eigenvalue weighted by molar-refractivity contribution is -0.127. The van der Waals surface area contributed by atoms with Gasteiger partial charge in [-0.05, 0) is 68.3 Å². The Kier molecular flexibility index (Phi) is 4.26. The van der Waals surface area contributed by atoms with Crippen LogP contribution in [-0.4, -0.2) is 16.9 Å². The summed E-state index contributed by atoms with van der Waals surface area (Å²) in [6.07, 6.45) is 7.97. The molecule has 0 radical (unpaired) electrons. The lowest BCUT2D eigenvalue weighted by Gasteiger charge is -2.56. The number of rotatable bonds is 2. The van der Waals surface area contributed by atoms with E-state index in [1.165, 1.54) is 5.57 Å². The minimum atomic E-state index is -0.363. The number of hydrogen-bond acceptors (Lipinski definition) is 2. The average Bonchev–Trinajstić information content (AvgIpc) is 2.47. The van der Waals surface area contributed by atoms with Crippen LogP contribution in [0.3, 0.4) is 0 Å². The quantitative estimate of drug-likeness (QED) is 0.699. The first-order valence-electron chi connectivity index (χ1n) is 8.78. The number of allylic oxidation sites excluding steroid dienone is 2. The van der Waals surface area contributed by atoms with Crippen LogP contribution in [0, 0.1) is 29.1 Å². The molecule has 0 aromatic rings. The summed E-state index contributed by atoms with van der Waals surface area (Å²) in [6, 6.07) is 0. The standard InChI is InChI=1S/C19H27ClO2/c1-4-13-14(11(2)21)7-8-16-15(13)6-5-12-9-18(22)17(20)10-19(12,16)3/h9,13-17H,4-8,10H2,1-3H3/t13-,14?,15+,16?,17?,19+/m1/s1. The van der Waals surface area contributed by atoms with Crippen molar-refractivity contribution in [3.63, 3.8) is 0 Å². The fourth-order valence-corrected chi connectivity index (χ4v) is 6.17. The van der Waals surface area contributed by atoms with Gasteiger partial charge in [0.1, 0.15) is 5.78 Å². The van der Waals surface area contributed by atoms with Gasteiger partial charge in [-0.3, -0.25) is 9.59 Å². The van der Waals surface area contributed by atoms with Crippen molar-refractivity contribution in [3.8, 4) is 0 Å². The third-order valence-electron chi connectivity index (χ3n) is 6.89. The van der Waals surface area contributed by atoms with Gasteiger partial charge < -0.3 is 0 Å². The summed E-state index contributed by atoms with van der Waals surface area (Å²) >= 11 is 6.31. The monoisotopic (exact) mass is 322 g/mol. The predicted octanol–water partition coefficient (Wildman–Crippen LogP) is 4.55. The Morgan fingerprint density at radius 1 is 1.36 bits per heavy atom. The Labute approximate surface area is 138 Å². The van der Waals surface area contributed by atoms with Crippen LogP contribution in [0.4, 0.5) is 0 Å². The molecule has 22 heavy (non-hydrogen) atoms. The lowest BCUT2D eigenvalue weighted by Crippen LogP contribution is -2.50. The van der Waals surface area contributed by atoms with E-state index in [1.807, 2.05) is 6.08 Å². The molecule has 0 bridgehead atoms. The second-order valence-corrected chi connectivity index (χ2v) is 8.36. The van der Waals surface area contributed by atoms with Gasteiger partial charge in [-0.2, -0.15) is 0 Å². The number of hydrogen-bond donors (Lipinski definition) is 0. The number of Topliss-reactive ketones (excluding diaryl/α,β-unsaturated/α-hetero) is 1. The van der Waals surface area contributed by atoms with Crippen molar-refractivity contribution >= 4 is 23.2 Å². The number of halogens is 1. The van der Waals surface area contributed by atoms with Gasteiger partial charge in [0.05, 0.1) is 5.38 Å². The molecule has 0 aliphatic heterocycles. The highest BCUT2D eigenvalue weighted by Gasteiger charge is 2.53. The van der Waals surface area contributed by atoms with E-state index < -0.39 is 0 Å². The lowest BCUT2D eigenvalue weighted by atomic mass is 9.49. The van der Waals surface area contributed by atoms with E-state index in [1.54, 1.807) is 6.92 Å². The highest BCUT2D eigenvalue weighted by atomic mass is 35.5. The Morgan fingerprint density at radius 2 is 2.09 bits per heavy atom. The van der Waals surface area contributed by atoms with Crippen molar-refractivity contribution in [1.29, 1.82) is 0 Å². The molecule has 0 heterocycles. The first-order valence-corrected chi connectivity index (χ1v) is 9.21. The molecule has 0 aromatic carbocycles. The zero-order valence-corrected chi connectivity index (χ0v) is 14.7. The zero-order valence-electron chi connectivity index (χ0n) is 13.9. The number of carbonyl (C=O) groups excluding carboxylic acids is 2. The van der Waals surface area contributed by atoms with Crippen molar-refractivity contribution in [2.24, 2.45) is 29.1 Å². The molecular formula is C19H27ClO2. The maximum atomic E-state index is 12.0. The van der Waals surface area contributed by atoms with Crippen LogP contribution in [0.1, 0.15) is 59.3 Å². The van der Waals surface area contributed by atoms with Crippen molar-refractivity contribution in [1.82, 2.24) is 0 Å². The third-order valence-corrected chi connectivity index (χ3v) is 7.26. The molecule has 0 saturated heterocycles. The van der Waals surface area contributed by atoms with E-state index in [0.717, 1.165) is 38.5 Å². The molecule has 6 atom stereocenters. The van der Waals surface area contributed by atoms with Gasteiger partial charge in [0.25, 0.3) is 0 Å². The van der Waals surface area contributed by atoms with Crippen molar-refractivity contribution in [3.05, 3.63) is 11.6 Å². The Balaban J connectivity index is 1.94. The normalized spacial score (nSPS) is 44.8. The predicted molar refractivity (Wildman–Crippen MR) is 88.9 cm³/mol. The molecule has 3 aliphatic rings. The maximum Gasteiger partial charge on any atom is 0.173 e. The second-order valence-electron chi connectivity index (χ2n) is 7.84. The highest BCUT2D eigenvalue weighted by molar-refractivity contribution is 6.33. The van der Waals surface area contributed by atoms with Crippen LogP contribution in [0.2, 0.25) is 0 Å². The molecular weight excluding hydrogens is 296 g/mol. The fourth-order valence-electron chi connectivity index (χ4n) is 5.78. The van der Waals surface area contributed by atoms with Crippen LogP contribution < -0.4 is 0 Å². The number of carbonyl (C=O) groups is 2. The summed E-state index contributed by atoms with van der Waals surface area (Å²) in [5.41, 5.74) is 1.39. The van der Waals surface area contributed by atoms with Gasteiger partial charge in [-0.25, -0.2) is 0 Å². The van der Waals surface area contributed by atoms with E-state index in [-0.39, 0.29) is 22.5 Å². The number of ketones is 2. The Bertz CT molecular complexity index is 524. The molecule has 2 saturated carbocycles. The molecule has 2 fully saturated rings. The largest absolute Gasteiger partial charge is 0.300 e. The van der Waals surface area contributed by atoms with Crippen molar-refractivity contribution in [2.75, 3.05) is 0 Å². The van der Waals surface area contributed by atoms with Crippen LogP contribution >= 0.6 is 11.6 Å². The summed E-state index contributed by atoms with van der Waals surface area (Å²) in [4.78, 5) is 24.0. The Morgan fingerprint density at radius 3 is 2.73 bits per heavy atom. The van der Waals surface area contributed by atoms with Gasteiger partial charge >= 0.3 is 0 Å². The zero-order chi connectivity index (χ0) is 16.1. The number of alkyl halides is 1. The first kappa shape index (κ1) is 16.2. The average molecular weight is 323 g/mol. The molecule has 2 nitrogen and oxygen atoms in total. The summed E-state index contributed by atoms with van der Waals surface area (Å²) in [5.74, 6) is 2.43. The van der Waals surface area contributed by atoms with Crippen molar-refractivity contribution in [2.45, 2.75) is 64.7 Å². The van der Waals surface area contributed by atoms with E-state index >= 15 is 0 Å². The summed E-state index contributed by atoms with van der Waals surface area (Å²) in [5, 5.41) is -0.363. The van der Waals surface area contributed by atoms with Gasteiger partial charge in [0.15, 0.2) is 5.78 Å². The van der Waals surface area contributed by atoms with E-state index in [9.17, 15) is 9.59 Å². The van der Waals surface area contributed by atoms with Gasteiger partial charge in [0.2, 0.25) is 0 Å². The topological polar surface area (TPSA) is 34.1 Å². The van der Waals surface area contributed by atoms with E-state index in [0.29, 0.717) is 23.5 Å². The summed E-state index contributed by atoms with van der Waals surface area (Å²) < 4.78 is 0. The molecule has 3 aliphatic carbocycles. The highest BCUT2D eigenvalue weighted by Crippen LogP contribution is 2.60. The molecule has 0 amide bonds. The maximum absolute atomic E-state index is 12.0.